The highest BCUT2D eigenvalue weighted by atomic mass is 35.5. The molecule has 0 bridgehead atoms. The van der Waals surface area contributed by atoms with E-state index < -0.39 is 0 Å². The van der Waals surface area contributed by atoms with Crippen LogP contribution in [0.2, 0.25) is 5.02 Å². The quantitative estimate of drug-likeness (QED) is 0.504. The van der Waals surface area contributed by atoms with Gasteiger partial charge in [-0.25, -0.2) is 4.98 Å². The Labute approximate surface area is 161 Å². The Kier molecular flexibility index (Phi) is 4.77. The van der Waals surface area contributed by atoms with Crippen LogP contribution in [0.4, 0.5) is 11.5 Å². The van der Waals surface area contributed by atoms with Crippen LogP contribution in [-0.2, 0) is 6.54 Å². The molecule has 2 aromatic carbocycles. The van der Waals surface area contributed by atoms with Crippen LogP contribution in [0.5, 0.6) is 0 Å². The van der Waals surface area contributed by atoms with Gasteiger partial charge in [0.05, 0.1) is 11.6 Å². The molecule has 0 aliphatic heterocycles. The first-order chi connectivity index (χ1) is 13.2. The SMILES string of the molecule is O=C(NCc1ccc(Cl)cc1)c1cc2occc2c(Nc2ccccc2)n1. The van der Waals surface area contributed by atoms with Crippen molar-refractivity contribution >= 4 is 40.0 Å². The molecule has 134 valence electrons. The van der Waals surface area contributed by atoms with Gasteiger partial charge in [-0.15, -0.1) is 0 Å². The number of pyridine rings is 1. The number of halogens is 1. The van der Waals surface area contributed by atoms with Crippen molar-refractivity contribution in [3.8, 4) is 0 Å². The predicted molar refractivity (Wildman–Crippen MR) is 106 cm³/mol. The van der Waals surface area contributed by atoms with E-state index in [2.05, 4.69) is 15.6 Å². The van der Waals surface area contributed by atoms with Crippen molar-refractivity contribution < 1.29 is 9.21 Å². The highest BCUT2D eigenvalue weighted by Gasteiger charge is 2.14. The van der Waals surface area contributed by atoms with Crippen LogP contribution in [0.25, 0.3) is 11.0 Å². The van der Waals surface area contributed by atoms with E-state index in [4.69, 9.17) is 16.0 Å². The molecular weight excluding hydrogens is 362 g/mol. The monoisotopic (exact) mass is 377 g/mol. The second-order valence-corrected chi connectivity index (χ2v) is 6.43. The number of anilines is 2. The number of hydrogen-bond acceptors (Lipinski definition) is 4. The lowest BCUT2D eigenvalue weighted by molar-refractivity contribution is 0.0946. The summed E-state index contributed by atoms with van der Waals surface area (Å²) < 4.78 is 5.49. The van der Waals surface area contributed by atoms with Crippen LogP contribution >= 0.6 is 11.6 Å². The maximum Gasteiger partial charge on any atom is 0.270 e. The summed E-state index contributed by atoms with van der Waals surface area (Å²) in [5.74, 6) is 0.295. The molecule has 0 spiro atoms. The number of rotatable bonds is 5. The molecule has 5 nitrogen and oxygen atoms in total. The van der Waals surface area contributed by atoms with Gasteiger partial charge < -0.3 is 15.1 Å². The first kappa shape index (κ1) is 17.1. The number of carbonyl (C=O) groups is 1. The zero-order valence-corrected chi connectivity index (χ0v) is 15.0. The predicted octanol–water partition coefficient (Wildman–Crippen LogP) is 5.15. The fraction of sp³-hybridized carbons (Fsp3) is 0.0476. The minimum atomic E-state index is -0.278. The summed E-state index contributed by atoms with van der Waals surface area (Å²) in [5.41, 5.74) is 2.71. The van der Waals surface area contributed by atoms with Crippen molar-refractivity contribution in [2.24, 2.45) is 0 Å². The Morgan fingerprint density at radius 2 is 1.81 bits per heavy atom. The van der Waals surface area contributed by atoms with Gasteiger partial charge in [-0.05, 0) is 35.9 Å². The Morgan fingerprint density at radius 1 is 1.04 bits per heavy atom. The molecule has 0 fully saturated rings. The zero-order valence-electron chi connectivity index (χ0n) is 14.3. The molecule has 0 atom stereocenters. The molecule has 2 aromatic heterocycles. The maximum absolute atomic E-state index is 12.6. The van der Waals surface area contributed by atoms with Crippen molar-refractivity contribution in [3.63, 3.8) is 0 Å². The molecule has 2 heterocycles. The van der Waals surface area contributed by atoms with Gasteiger partial charge in [-0.3, -0.25) is 4.79 Å². The third-order valence-corrected chi connectivity index (χ3v) is 4.34. The number of amides is 1. The number of nitrogens with one attached hydrogen (secondary N) is 2. The van der Waals surface area contributed by atoms with Gasteiger partial charge >= 0.3 is 0 Å². The van der Waals surface area contributed by atoms with E-state index in [-0.39, 0.29) is 11.6 Å². The molecule has 0 saturated carbocycles. The van der Waals surface area contributed by atoms with Gasteiger partial charge in [-0.2, -0.15) is 0 Å². The number of hydrogen-bond donors (Lipinski definition) is 2. The average Bonchev–Trinajstić information content (AvgIpc) is 3.17. The molecule has 2 N–H and O–H groups in total. The molecule has 27 heavy (non-hydrogen) atoms. The first-order valence-corrected chi connectivity index (χ1v) is 8.80. The van der Waals surface area contributed by atoms with Crippen molar-refractivity contribution in [1.29, 1.82) is 0 Å². The minimum Gasteiger partial charge on any atom is -0.464 e. The van der Waals surface area contributed by atoms with Crippen LogP contribution in [0, 0.1) is 0 Å². The first-order valence-electron chi connectivity index (χ1n) is 8.42. The molecule has 0 aliphatic carbocycles. The number of nitrogens with zero attached hydrogens (tertiary/aromatic N) is 1. The Bertz CT molecular complexity index is 1080. The third-order valence-electron chi connectivity index (χ3n) is 4.09. The van der Waals surface area contributed by atoms with Crippen LogP contribution in [0.3, 0.4) is 0 Å². The molecule has 0 radical (unpaired) electrons. The van der Waals surface area contributed by atoms with E-state index in [1.54, 1.807) is 24.5 Å². The molecule has 4 aromatic rings. The Morgan fingerprint density at radius 3 is 2.59 bits per heavy atom. The lowest BCUT2D eigenvalue weighted by atomic mass is 10.2. The molecule has 0 unspecified atom stereocenters. The van der Waals surface area contributed by atoms with Gasteiger partial charge in [0.2, 0.25) is 0 Å². The normalized spacial score (nSPS) is 10.7. The van der Waals surface area contributed by atoms with E-state index in [1.165, 1.54) is 0 Å². The number of para-hydroxylation sites is 1. The van der Waals surface area contributed by atoms with Crippen LogP contribution in [0.15, 0.2) is 77.4 Å². The maximum atomic E-state index is 12.6. The van der Waals surface area contributed by atoms with Crippen LogP contribution in [-0.4, -0.2) is 10.9 Å². The summed E-state index contributed by atoms with van der Waals surface area (Å²) in [4.78, 5) is 17.1. The summed E-state index contributed by atoms with van der Waals surface area (Å²) in [6.07, 6.45) is 1.58. The number of aromatic nitrogens is 1. The lowest BCUT2D eigenvalue weighted by Crippen LogP contribution is -2.24. The lowest BCUT2D eigenvalue weighted by Gasteiger charge is -2.10. The molecule has 4 rings (SSSR count). The summed E-state index contributed by atoms with van der Waals surface area (Å²) in [6, 6.07) is 20.4. The summed E-state index contributed by atoms with van der Waals surface area (Å²) in [7, 11) is 0. The topological polar surface area (TPSA) is 67.2 Å². The highest BCUT2D eigenvalue weighted by Crippen LogP contribution is 2.26. The zero-order chi connectivity index (χ0) is 18.6. The standard InChI is InChI=1S/C21H16ClN3O2/c22-15-8-6-14(7-9-15)13-23-21(26)18-12-19-17(10-11-27-19)20(25-18)24-16-4-2-1-3-5-16/h1-12H,13H2,(H,23,26)(H,24,25). The van der Waals surface area contributed by atoms with Crippen molar-refractivity contribution in [2.75, 3.05) is 5.32 Å². The number of fused-ring (bicyclic) bond motifs is 1. The number of benzene rings is 2. The Balaban J connectivity index is 1.57. The second kappa shape index (κ2) is 7.51. The third kappa shape index (κ3) is 3.93. The van der Waals surface area contributed by atoms with Crippen molar-refractivity contribution in [1.82, 2.24) is 10.3 Å². The highest BCUT2D eigenvalue weighted by molar-refractivity contribution is 6.30. The van der Waals surface area contributed by atoms with Crippen LogP contribution < -0.4 is 10.6 Å². The Hall–Kier alpha value is -3.31. The van der Waals surface area contributed by atoms with Crippen molar-refractivity contribution in [2.45, 2.75) is 6.54 Å². The summed E-state index contributed by atoms with van der Waals surface area (Å²) >= 11 is 5.88. The van der Waals surface area contributed by atoms with Gasteiger partial charge in [-0.1, -0.05) is 41.9 Å². The van der Waals surface area contributed by atoms with Gasteiger partial charge in [0, 0.05) is 23.3 Å². The smallest absolute Gasteiger partial charge is 0.270 e. The van der Waals surface area contributed by atoms with Gasteiger partial charge in [0.1, 0.15) is 17.1 Å². The fourth-order valence-corrected chi connectivity index (χ4v) is 2.84. The van der Waals surface area contributed by atoms with E-state index in [0.717, 1.165) is 16.6 Å². The van der Waals surface area contributed by atoms with E-state index in [0.29, 0.717) is 23.0 Å². The van der Waals surface area contributed by atoms with E-state index in [1.807, 2.05) is 48.5 Å². The largest absolute Gasteiger partial charge is 0.464 e. The second-order valence-electron chi connectivity index (χ2n) is 5.99. The van der Waals surface area contributed by atoms with Crippen molar-refractivity contribution in [3.05, 3.63) is 89.3 Å². The average molecular weight is 378 g/mol. The van der Waals surface area contributed by atoms with Crippen LogP contribution in [0.1, 0.15) is 16.1 Å². The summed E-state index contributed by atoms with van der Waals surface area (Å²) in [6.45, 7) is 0.384. The van der Waals surface area contributed by atoms with E-state index >= 15 is 0 Å². The van der Waals surface area contributed by atoms with E-state index in [9.17, 15) is 4.79 Å². The molecule has 0 aliphatic rings. The molecule has 6 heteroatoms. The fourth-order valence-electron chi connectivity index (χ4n) is 2.71. The van der Waals surface area contributed by atoms with Gasteiger partial charge in [0.25, 0.3) is 5.91 Å². The number of furan rings is 1. The molecular formula is C21H16ClN3O2. The molecule has 0 saturated heterocycles. The van der Waals surface area contributed by atoms with Gasteiger partial charge in [0.15, 0.2) is 0 Å². The summed E-state index contributed by atoms with van der Waals surface area (Å²) in [5, 5.41) is 7.58. The number of carbonyl (C=O) groups excluding carboxylic acids is 1. The molecule has 1 amide bonds. The minimum absolute atomic E-state index is 0.278.